The molecular weight excluding hydrogens is 498 g/mol. The van der Waals surface area contributed by atoms with Crippen molar-refractivity contribution in [3.63, 3.8) is 0 Å². The molecule has 0 atom stereocenters. The molecule has 4 nitrogen and oxygen atoms in total. The summed E-state index contributed by atoms with van der Waals surface area (Å²) in [5, 5.41) is 36.7. The Balaban J connectivity index is -0.0000000610. The van der Waals surface area contributed by atoms with Crippen molar-refractivity contribution in [2.45, 2.75) is 0 Å². The molecule has 0 N–H and O–H groups in total. The summed E-state index contributed by atoms with van der Waals surface area (Å²) in [4.78, 5) is 0. The fourth-order valence-electron chi connectivity index (χ4n) is 0.0822. The third-order valence-corrected chi connectivity index (χ3v) is 12.7. The molecule has 0 saturated heterocycles. The van der Waals surface area contributed by atoms with Gasteiger partial charge in [0.1, 0.15) is 0 Å². The minimum absolute atomic E-state index is 0. The standard InChI is InChI=1S/4CHNS.Hg.Zn/c4*2-1-3;;/h4*3H;;/q;;;;2*+2/p-4. The third-order valence-electron chi connectivity index (χ3n) is 0.247. The van der Waals surface area contributed by atoms with E-state index in [1.54, 1.807) is 0 Å². The molecule has 0 aliphatic rings. The first kappa shape index (κ1) is 24.1. The maximum Gasteiger partial charge on any atom is 2.00 e. The van der Waals surface area contributed by atoms with Crippen LogP contribution in [0.2, 0.25) is 0 Å². The zero-order valence-corrected chi connectivity index (χ0v) is 18.6. The van der Waals surface area contributed by atoms with E-state index in [0.29, 0.717) is 0 Å². The predicted octanol–water partition coefficient (Wildman–Crippen LogP) is 1.35. The second-order valence-corrected chi connectivity index (χ2v) is 18.0. The van der Waals surface area contributed by atoms with Gasteiger partial charge in [0.2, 0.25) is 0 Å². The van der Waals surface area contributed by atoms with Crippen molar-refractivity contribution in [1.82, 2.24) is 0 Å². The summed E-state index contributed by atoms with van der Waals surface area (Å²) in [5.41, 5.74) is 0. The molecule has 0 aromatic rings. The van der Waals surface area contributed by atoms with Gasteiger partial charge >= 0.3 is 78.8 Å². The van der Waals surface area contributed by atoms with Gasteiger partial charge in [-0.1, -0.05) is 10.8 Å². The molecule has 0 rings (SSSR count). The Hall–Kier alpha value is 0.658. The van der Waals surface area contributed by atoms with Crippen molar-refractivity contribution in [2.24, 2.45) is 0 Å². The third kappa shape index (κ3) is 79.3. The quantitative estimate of drug-likeness (QED) is 0.244. The van der Waals surface area contributed by atoms with E-state index in [0.717, 1.165) is 0 Å². The van der Waals surface area contributed by atoms with Crippen molar-refractivity contribution >= 4 is 41.7 Å². The van der Waals surface area contributed by atoms with Crippen LogP contribution < -0.4 is 0 Å². The van der Waals surface area contributed by atoms with Crippen molar-refractivity contribution in [3.05, 3.63) is 0 Å². The molecule has 0 unspecified atom stereocenters. The Labute approximate surface area is 124 Å². The first-order valence-corrected chi connectivity index (χ1v) is 18.5. The van der Waals surface area contributed by atoms with Gasteiger partial charge in [0, 0.05) is 0 Å². The molecule has 0 fully saturated rings. The number of nitriles is 4. The molecule has 0 spiro atoms. The number of nitrogens with zero attached hydrogens (tertiary/aromatic N) is 4. The van der Waals surface area contributed by atoms with Crippen molar-refractivity contribution in [2.75, 3.05) is 0 Å². The molecule has 64 valence electrons. The van der Waals surface area contributed by atoms with Gasteiger partial charge in [0.15, 0.2) is 0 Å². The minimum atomic E-state index is -1.09. The van der Waals surface area contributed by atoms with Gasteiger partial charge in [-0.25, -0.2) is 10.5 Å². The van der Waals surface area contributed by atoms with Crippen LogP contribution in [0.5, 0.6) is 0 Å². The van der Waals surface area contributed by atoms with Crippen LogP contribution >= 0.6 is 16.5 Å². The molecule has 0 saturated carbocycles. The van der Waals surface area contributed by atoms with E-state index in [-0.39, 0.29) is 19.5 Å². The predicted molar refractivity (Wildman–Crippen MR) is 52.4 cm³/mol. The van der Waals surface area contributed by atoms with E-state index in [9.17, 15) is 0 Å². The molecule has 0 aromatic carbocycles. The average Bonchev–Trinajstić information content (AvgIpc) is 2.08. The molecule has 0 radical (unpaired) electrons. The summed E-state index contributed by atoms with van der Waals surface area (Å²) < 4.78 is 0. The molecular formula is C4HgN4S4Zn. The summed E-state index contributed by atoms with van der Waals surface area (Å²) in [6.45, 7) is 0. The van der Waals surface area contributed by atoms with Gasteiger partial charge in [-0.3, -0.25) is 0 Å². The number of thiocyanates is 4. The summed E-state index contributed by atoms with van der Waals surface area (Å²) in [6, 6.07) is 0. The van der Waals surface area contributed by atoms with Gasteiger partial charge < -0.3 is 25.3 Å². The van der Waals surface area contributed by atoms with Crippen LogP contribution in [0, 0.1) is 42.7 Å². The number of rotatable bonds is 2. The zero-order valence-electron chi connectivity index (χ0n) is 6.84. The molecule has 0 bridgehead atoms. The summed E-state index contributed by atoms with van der Waals surface area (Å²) >= 11 is 6.30. The number of hydrogen-bond donors (Lipinski definition) is 0. The SMILES string of the molecule is N#C[S-].N#C[S-].N#C[S][Hg][S]C#N.[Zn+2]. The molecule has 0 amide bonds. The topological polar surface area (TPSA) is 95.2 Å². The Bertz CT molecular complexity index is 222. The molecule has 14 heavy (non-hydrogen) atoms. The van der Waals surface area contributed by atoms with Crippen LogP contribution in [0.4, 0.5) is 0 Å². The molecule has 0 heterocycles. The Morgan fingerprint density at radius 1 is 0.857 bits per heavy atom. The van der Waals surface area contributed by atoms with Crippen molar-refractivity contribution < 1.29 is 41.0 Å². The molecule has 0 aromatic heterocycles. The summed E-state index contributed by atoms with van der Waals surface area (Å²) in [6.07, 6.45) is 0. The molecule has 0 aliphatic heterocycles. The maximum atomic E-state index is 7.94. The van der Waals surface area contributed by atoms with Crippen molar-refractivity contribution in [3.8, 4) is 21.6 Å². The van der Waals surface area contributed by atoms with Crippen LogP contribution in [0.1, 0.15) is 0 Å². The normalized spacial score (nSPS) is 3.71. The van der Waals surface area contributed by atoms with Gasteiger partial charge in [-0.05, 0) is 0 Å². The van der Waals surface area contributed by atoms with Crippen LogP contribution in [0.3, 0.4) is 0 Å². The average molecular weight is 498 g/mol. The van der Waals surface area contributed by atoms with Crippen LogP contribution in [0.25, 0.3) is 0 Å². The second-order valence-electron chi connectivity index (χ2n) is 0.772. The van der Waals surface area contributed by atoms with Gasteiger partial charge in [-0.15, -0.1) is 0 Å². The maximum absolute atomic E-state index is 7.94. The largest absolute Gasteiger partial charge is 2.00 e. The van der Waals surface area contributed by atoms with Gasteiger partial charge in [-0.2, -0.15) is 0 Å². The fraction of sp³-hybridized carbons (Fsp3) is 0. The van der Waals surface area contributed by atoms with Gasteiger partial charge in [0.05, 0.1) is 0 Å². The van der Waals surface area contributed by atoms with Crippen LogP contribution in [-0.4, -0.2) is 0 Å². The Morgan fingerprint density at radius 2 is 1.07 bits per heavy atom. The van der Waals surface area contributed by atoms with Crippen LogP contribution in [-0.2, 0) is 66.3 Å². The van der Waals surface area contributed by atoms with Crippen LogP contribution in [0.15, 0.2) is 0 Å². The number of hydrogen-bond acceptors (Lipinski definition) is 8. The van der Waals surface area contributed by atoms with E-state index in [1.807, 2.05) is 10.8 Å². The van der Waals surface area contributed by atoms with E-state index in [1.165, 1.54) is 27.3 Å². The molecule has 10 heteroatoms. The van der Waals surface area contributed by atoms with Crippen molar-refractivity contribution in [1.29, 1.82) is 21.0 Å². The summed E-state index contributed by atoms with van der Waals surface area (Å²) in [7, 11) is 2.60. The minimum Gasteiger partial charge on any atom is 2.00 e. The fourth-order valence-corrected chi connectivity index (χ4v) is 6.49. The van der Waals surface area contributed by atoms with E-state index >= 15 is 0 Å². The summed E-state index contributed by atoms with van der Waals surface area (Å²) in [5.74, 6) is 0. The first-order chi connectivity index (χ1) is 6.24. The van der Waals surface area contributed by atoms with E-state index < -0.39 is 21.5 Å². The Kier molecular flexibility index (Phi) is 64.2. The van der Waals surface area contributed by atoms with Gasteiger partial charge in [0.25, 0.3) is 0 Å². The zero-order chi connectivity index (χ0) is 10.9. The monoisotopic (exact) mass is 498 g/mol. The smallest absolute Gasteiger partial charge is 2.00 e. The van der Waals surface area contributed by atoms with E-state index in [2.05, 4.69) is 25.3 Å². The van der Waals surface area contributed by atoms with E-state index in [4.69, 9.17) is 21.0 Å². The Morgan fingerprint density at radius 3 is 1.21 bits per heavy atom. The first-order valence-electron chi connectivity index (χ1n) is 2.29. The second kappa shape index (κ2) is 37.3. The molecule has 0 aliphatic carbocycles.